The van der Waals surface area contributed by atoms with Crippen molar-refractivity contribution in [1.29, 1.82) is 0 Å². The van der Waals surface area contributed by atoms with Crippen LogP contribution in [0.3, 0.4) is 0 Å². The van der Waals surface area contributed by atoms with Crippen molar-refractivity contribution in [2.45, 2.75) is 26.8 Å². The summed E-state index contributed by atoms with van der Waals surface area (Å²) in [6.07, 6.45) is 0. The van der Waals surface area contributed by atoms with Gasteiger partial charge in [-0.15, -0.1) is 0 Å². The number of nitrogens with zero attached hydrogens (tertiary/aromatic N) is 1. The highest BCUT2D eigenvalue weighted by Crippen LogP contribution is 2.05. The molecule has 0 aliphatic rings. The van der Waals surface area contributed by atoms with Crippen LogP contribution in [0.4, 0.5) is 0 Å². The molecule has 0 aromatic heterocycles. The number of rotatable bonds is 5. The quantitative estimate of drug-likeness (QED) is 0.681. The molecule has 72 valence electrons. The Morgan fingerprint density at radius 2 is 2.17 bits per heavy atom. The fourth-order valence-electron chi connectivity index (χ4n) is 0.983. The van der Waals surface area contributed by atoms with Crippen LogP contribution in [0.15, 0.2) is 11.1 Å². The van der Waals surface area contributed by atoms with Gasteiger partial charge >= 0.3 is 0 Å². The second-order valence-corrected chi connectivity index (χ2v) is 4.22. The monoisotopic (exact) mass is 253 g/mol. The molecule has 0 N–H and O–H groups in total. The molecule has 0 heterocycles. The normalized spacial score (nSPS) is 13.1. The molecule has 12 heavy (non-hydrogen) atoms. The molecule has 3 heteroatoms. The van der Waals surface area contributed by atoms with Crippen molar-refractivity contribution < 1.29 is 0 Å². The van der Waals surface area contributed by atoms with E-state index in [2.05, 4.69) is 41.6 Å². The summed E-state index contributed by atoms with van der Waals surface area (Å²) in [4.78, 5) is 2.38. The highest BCUT2D eigenvalue weighted by molar-refractivity contribution is 9.09. The van der Waals surface area contributed by atoms with Gasteiger partial charge in [0.05, 0.1) is 0 Å². The highest BCUT2D eigenvalue weighted by Gasteiger charge is 2.07. The Morgan fingerprint density at radius 3 is 2.50 bits per heavy atom. The van der Waals surface area contributed by atoms with E-state index in [1.165, 1.54) is 5.57 Å². The molecule has 0 aliphatic heterocycles. The largest absolute Gasteiger partial charge is 0.296 e. The number of alkyl halides is 1. The molecule has 0 aliphatic carbocycles. The van der Waals surface area contributed by atoms with Gasteiger partial charge in [0.2, 0.25) is 0 Å². The topological polar surface area (TPSA) is 3.24 Å². The molecule has 0 saturated carbocycles. The standard InChI is InChI=1S/C9H17BrClN/c1-8(2)12(5-4-10)7-9(3)6-11/h6,8H,4-5,7H2,1-3H3. The zero-order valence-electron chi connectivity index (χ0n) is 7.98. The highest BCUT2D eigenvalue weighted by atomic mass is 79.9. The van der Waals surface area contributed by atoms with Crippen molar-refractivity contribution in [3.8, 4) is 0 Å². The SMILES string of the molecule is CC(=CCl)CN(CCBr)C(C)C. The van der Waals surface area contributed by atoms with Gasteiger partial charge < -0.3 is 0 Å². The van der Waals surface area contributed by atoms with Crippen LogP contribution in [0.2, 0.25) is 0 Å². The Morgan fingerprint density at radius 1 is 1.58 bits per heavy atom. The van der Waals surface area contributed by atoms with Crippen molar-refractivity contribution in [1.82, 2.24) is 4.90 Å². The van der Waals surface area contributed by atoms with Gasteiger partial charge in [0.25, 0.3) is 0 Å². The average Bonchev–Trinajstić information content (AvgIpc) is 2.03. The molecule has 0 saturated heterocycles. The predicted octanol–water partition coefficient (Wildman–Crippen LogP) is 3.23. The van der Waals surface area contributed by atoms with E-state index in [4.69, 9.17) is 11.6 Å². The summed E-state index contributed by atoms with van der Waals surface area (Å²) in [7, 11) is 0. The minimum atomic E-state index is 0.578. The second kappa shape index (κ2) is 6.93. The third kappa shape index (κ3) is 5.18. The lowest BCUT2D eigenvalue weighted by Crippen LogP contribution is -2.33. The summed E-state index contributed by atoms with van der Waals surface area (Å²) < 4.78 is 0. The van der Waals surface area contributed by atoms with E-state index in [1.807, 2.05) is 0 Å². The fourth-order valence-corrected chi connectivity index (χ4v) is 1.51. The predicted molar refractivity (Wildman–Crippen MR) is 60.1 cm³/mol. The summed E-state index contributed by atoms with van der Waals surface area (Å²) in [6.45, 7) is 8.48. The van der Waals surface area contributed by atoms with Crippen LogP contribution in [-0.2, 0) is 0 Å². The molecule has 0 atom stereocenters. The van der Waals surface area contributed by atoms with Crippen LogP contribution < -0.4 is 0 Å². The third-order valence-corrected chi connectivity index (χ3v) is 2.47. The summed E-state index contributed by atoms with van der Waals surface area (Å²) in [6, 6.07) is 0.578. The van der Waals surface area contributed by atoms with E-state index in [0.717, 1.165) is 18.4 Å². The summed E-state index contributed by atoms with van der Waals surface area (Å²) in [5, 5.41) is 1.01. The lowest BCUT2D eigenvalue weighted by molar-refractivity contribution is 0.257. The van der Waals surface area contributed by atoms with Gasteiger partial charge in [-0.2, -0.15) is 0 Å². The second-order valence-electron chi connectivity index (χ2n) is 3.21. The van der Waals surface area contributed by atoms with Crippen LogP contribution >= 0.6 is 27.5 Å². The zero-order valence-corrected chi connectivity index (χ0v) is 10.3. The minimum absolute atomic E-state index is 0.578. The molecule has 0 aromatic rings. The van der Waals surface area contributed by atoms with Crippen LogP contribution in [0.5, 0.6) is 0 Å². The van der Waals surface area contributed by atoms with Gasteiger partial charge in [-0.25, -0.2) is 0 Å². The lowest BCUT2D eigenvalue weighted by atomic mass is 10.2. The summed E-state index contributed by atoms with van der Waals surface area (Å²) >= 11 is 9.04. The van der Waals surface area contributed by atoms with E-state index in [-0.39, 0.29) is 0 Å². The molecule has 0 unspecified atom stereocenters. The van der Waals surface area contributed by atoms with Crippen molar-refractivity contribution in [3.63, 3.8) is 0 Å². The Labute approximate surface area is 88.9 Å². The Bertz CT molecular complexity index is 145. The van der Waals surface area contributed by atoms with E-state index in [1.54, 1.807) is 5.54 Å². The Kier molecular flexibility index (Phi) is 7.20. The molecular weight excluding hydrogens is 237 g/mol. The van der Waals surface area contributed by atoms with E-state index in [0.29, 0.717) is 6.04 Å². The maximum atomic E-state index is 5.60. The van der Waals surface area contributed by atoms with Crippen LogP contribution in [0.1, 0.15) is 20.8 Å². The first-order valence-corrected chi connectivity index (χ1v) is 5.73. The molecule has 1 nitrogen and oxygen atoms in total. The lowest BCUT2D eigenvalue weighted by Gasteiger charge is -2.25. The van der Waals surface area contributed by atoms with Gasteiger partial charge in [0.15, 0.2) is 0 Å². The maximum absolute atomic E-state index is 5.60. The van der Waals surface area contributed by atoms with E-state index in [9.17, 15) is 0 Å². The van der Waals surface area contributed by atoms with Crippen molar-refractivity contribution in [2.24, 2.45) is 0 Å². The van der Waals surface area contributed by atoms with Crippen LogP contribution in [0.25, 0.3) is 0 Å². The smallest absolute Gasteiger partial charge is 0.0204 e. The van der Waals surface area contributed by atoms with Gasteiger partial charge in [-0.05, 0) is 26.3 Å². The van der Waals surface area contributed by atoms with Crippen molar-refractivity contribution >= 4 is 27.5 Å². The van der Waals surface area contributed by atoms with E-state index >= 15 is 0 Å². The van der Waals surface area contributed by atoms with Gasteiger partial charge in [-0.3, -0.25) is 4.90 Å². The molecule has 0 fully saturated rings. The number of halogens is 2. The summed E-state index contributed by atoms with van der Waals surface area (Å²) in [5.41, 5.74) is 2.87. The first-order chi connectivity index (χ1) is 5.61. The molecule has 0 amide bonds. The molecule has 0 aromatic carbocycles. The number of hydrogen-bond acceptors (Lipinski definition) is 1. The zero-order chi connectivity index (χ0) is 9.56. The molecular formula is C9H17BrClN. The summed E-state index contributed by atoms with van der Waals surface area (Å²) in [5.74, 6) is 0. The third-order valence-electron chi connectivity index (χ3n) is 1.74. The first-order valence-electron chi connectivity index (χ1n) is 4.17. The van der Waals surface area contributed by atoms with Crippen molar-refractivity contribution in [2.75, 3.05) is 18.4 Å². The molecule has 0 radical (unpaired) electrons. The van der Waals surface area contributed by atoms with Crippen molar-refractivity contribution in [3.05, 3.63) is 11.1 Å². The first kappa shape index (κ1) is 12.5. The maximum Gasteiger partial charge on any atom is 0.0204 e. The van der Waals surface area contributed by atoms with Gasteiger partial charge in [0.1, 0.15) is 0 Å². The average molecular weight is 255 g/mol. The van der Waals surface area contributed by atoms with Crippen LogP contribution in [-0.4, -0.2) is 29.4 Å². The molecule has 0 spiro atoms. The van der Waals surface area contributed by atoms with Gasteiger partial charge in [-0.1, -0.05) is 27.5 Å². The van der Waals surface area contributed by atoms with E-state index < -0.39 is 0 Å². The fraction of sp³-hybridized carbons (Fsp3) is 0.778. The minimum Gasteiger partial charge on any atom is -0.296 e. The Balaban J connectivity index is 3.95. The molecule has 0 bridgehead atoms. The number of hydrogen-bond donors (Lipinski definition) is 0. The molecule has 0 rings (SSSR count). The van der Waals surface area contributed by atoms with Gasteiger partial charge in [0, 0.05) is 30.0 Å². The Hall–Kier alpha value is 0.470. The van der Waals surface area contributed by atoms with Crippen LogP contribution in [0, 0.1) is 0 Å².